The van der Waals surface area contributed by atoms with Gasteiger partial charge in [-0.3, -0.25) is 0 Å². The number of nitrogens with two attached hydrogens (primary N) is 1. The molecule has 0 aromatic rings. The van der Waals surface area contributed by atoms with Crippen molar-refractivity contribution in [3.8, 4) is 0 Å². The monoisotopic (exact) mass is 1010 g/mol. The Bertz CT molecular complexity index is 1590. The van der Waals surface area contributed by atoms with E-state index in [4.69, 9.17) is 62.6 Å². The van der Waals surface area contributed by atoms with Gasteiger partial charge in [-0.2, -0.15) is 0 Å². The molecule has 0 bridgehead atoms. The van der Waals surface area contributed by atoms with Crippen molar-refractivity contribution >= 4 is 0 Å². The topological polar surface area (TPSA) is 440 Å². The first-order valence-corrected chi connectivity index (χ1v) is 22.9. The third-order valence-corrected chi connectivity index (χ3v) is 13.4. The average Bonchev–Trinajstić information content (AvgIpc) is 3.32. The van der Waals surface area contributed by atoms with Crippen LogP contribution in [0.1, 0.15) is 33.6 Å². The highest BCUT2D eigenvalue weighted by Gasteiger charge is 2.58. The van der Waals surface area contributed by atoms with Crippen LogP contribution in [0.25, 0.3) is 0 Å². The third kappa shape index (κ3) is 11.9. The summed E-state index contributed by atoms with van der Waals surface area (Å²) in [4.78, 5) is 0. The zero-order chi connectivity index (χ0) is 50.8. The Morgan fingerprint density at radius 2 is 1.04 bits per heavy atom. The van der Waals surface area contributed by atoms with Gasteiger partial charge in [-0.25, -0.2) is 0 Å². The third-order valence-electron chi connectivity index (χ3n) is 13.4. The summed E-state index contributed by atoms with van der Waals surface area (Å²) in [5, 5.41) is 162. The first kappa shape index (κ1) is 56.9. The molecule has 29 atom stereocenters. The van der Waals surface area contributed by atoms with E-state index in [2.05, 4.69) is 6.58 Å². The fourth-order valence-electron chi connectivity index (χ4n) is 9.23. The van der Waals surface area contributed by atoms with Crippen LogP contribution >= 0.6 is 0 Å². The fourth-order valence-corrected chi connectivity index (χ4v) is 9.23. The second-order valence-electron chi connectivity index (χ2n) is 18.1. The molecule has 6 aliphatic rings. The number of hydrogen-bond acceptors (Lipinski definition) is 28. The number of aliphatic hydroxyl groups is 15. The molecular weight excluding hydrogens is 938 g/mol. The van der Waals surface area contributed by atoms with Crippen LogP contribution in [0.3, 0.4) is 0 Å². The Balaban J connectivity index is 1.13. The molecule has 0 radical (unpaired) electrons. The predicted molar refractivity (Wildman–Crippen MR) is 220 cm³/mol. The molecule has 0 aromatic heterocycles. The van der Waals surface area contributed by atoms with E-state index in [0.717, 1.165) is 0 Å². The minimum absolute atomic E-state index is 0.0957. The summed E-state index contributed by atoms with van der Waals surface area (Å²) in [5.41, 5.74) is 6.39. The Hall–Kier alpha value is -1.38. The van der Waals surface area contributed by atoms with Gasteiger partial charge >= 0.3 is 0 Å². The Kier molecular flexibility index (Phi) is 20.1. The van der Waals surface area contributed by atoms with E-state index in [-0.39, 0.29) is 6.61 Å². The molecule has 0 saturated carbocycles. The average molecular weight is 1010 g/mol. The Morgan fingerprint density at radius 1 is 0.522 bits per heavy atom. The smallest absolute Gasteiger partial charge is 0.199 e. The molecule has 0 amide bonds. The van der Waals surface area contributed by atoms with Gasteiger partial charge in [0.05, 0.1) is 57.4 Å². The van der Waals surface area contributed by atoms with Gasteiger partial charge in [0.25, 0.3) is 0 Å². The van der Waals surface area contributed by atoms with Crippen molar-refractivity contribution in [2.45, 2.75) is 205 Å². The number of ether oxygens (including phenoxy) is 12. The van der Waals surface area contributed by atoms with Crippen molar-refractivity contribution in [2.24, 2.45) is 11.7 Å². The highest BCUT2D eigenvalue weighted by molar-refractivity contribution is 5.00. The van der Waals surface area contributed by atoms with Crippen molar-refractivity contribution in [1.29, 1.82) is 0 Å². The van der Waals surface area contributed by atoms with Gasteiger partial charge < -0.3 is 139 Å². The summed E-state index contributed by atoms with van der Waals surface area (Å²) in [6.07, 6.45) is -41.4. The molecule has 6 saturated heterocycles. The van der Waals surface area contributed by atoms with Crippen molar-refractivity contribution in [2.75, 3.05) is 33.0 Å². The molecular formula is C41H71NO27. The lowest BCUT2D eigenvalue weighted by Gasteiger charge is -2.51. The summed E-state index contributed by atoms with van der Waals surface area (Å²) in [5.74, 6) is -3.34. The van der Waals surface area contributed by atoms with Crippen LogP contribution in [0.4, 0.5) is 0 Å². The van der Waals surface area contributed by atoms with Gasteiger partial charge in [-0.15, -0.1) is 6.58 Å². The van der Waals surface area contributed by atoms with Crippen LogP contribution in [-0.4, -0.2) is 281 Å². The fraction of sp³-hybridized carbons (Fsp3) is 0.951. The molecule has 28 heteroatoms. The van der Waals surface area contributed by atoms with Gasteiger partial charge in [-0.1, -0.05) is 19.9 Å². The lowest BCUT2D eigenvalue weighted by Crippen LogP contribution is -2.69. The molecule has 69 heavy (non-hydrogen) atoms. The van der Waals surface area contributed by atoms with Gasteiger partial charge in [0.15, 0.2) is 43.5 Å². The maximum Gasteiger partial charge on any atom is 0.199 e. The second-order valence-corrected chi connectivity index (χ2v) is 18.1. The lowest BCUT2D eigenvalue weighted by atomic mass is 9.89. The van der Waals surface area contributed by atoms with Crippen molar-refractivity contribution in [3.05, 3.63) is 12.7 Å². The predicted octanol–water partition coefficient (Wildman–Crippen LogP) is -8.85. The highest BCUT2D eigenvalue weighted by Crippen LogP contribution is 2.39. The molecule has 0 aromatic carbocycles. The van der Waals surface area contributed by atoms with Crippen LogP contribution in [-0.2, 0) is 56.8 Å². The normalized spacial score (nSPS) is 52.1. The summed E-state index contributed by atoms with van der Waals surface area (Å²) in [7, 11) is 0. The number of aliphatic hydroxyl groups excluding tert-OH is 14. The van der Waals surface area contributed by atoms with Gasteiger partial charge in [0.2, 0.25) is 0 Å². The minimum Gasteiger partial charge on any atom is -0.394 e. The first-order valence-electron chi connectivity index (χ1n) is 22.9. The molecule has 402 valence electrons. The Morgan fingerprint density at radius 3 is 1.67 bits per heavy atom. The van der Waals surface area contributed by atoms with E-state index in [1.54, 1.807) is 13.8 Å². The Labute approximate surface area is 395 Å². The molecule has 6 heterocycles. The van der Waals surface area contributed by atoms with Crippen LogP contribution < -0.4 is 5.73 Å². The standard InChI is InChI=1S/C41H71NO27/c1-5-7-58-36-21(47)13(3)31(16(6-2)60-36)65-38-29(55)27(53)32(19(11-45)63-38)66-39-30(56)33(24(50)18(10-44)61-39)67-35-15(42)8-41(57,20(12-46)64-35)69-40-34(26(52)23(49)17(9-43)62-40)68-37-28(54)25(51)22(48)14(4)59-37/h5,13-40,43-57H,1,6-12,42H2,2-4H3/t13?,14?,15?,16?,17?,18?,19?,20?,21?,22-,23-,24-,25?,26?,27?,28?,29?,30?,31+,32-,33?,34?,35?,36+,37-,38-,39-,40-,41-/m0/s1. The lowest BCUT2D eigenvalue weighted by molar-refractivity contribution is -0.428. The first-order chi connectivity index (χ1) is 32.7. The minimum atomic E-state index is -2.69. The van der Waals surface area contributed by atoms with Gasteiger partial charge in [0.1, 0.15) is 104 Å². The van der Waals surface area contributed by atoms with Gasteiger partial charge in [-0.05, 0) is 13.3 Å². The summed E-state index contributed by atoms with van der Waals surface area (Å²) in [6.45, 7) is 4.77. The maximum absolute atomic E-state index is 11.9. The SMILES string of the molecule is C=CCO[C@@H]1OC(CC)[C@H](O[C@@H]2OC(CO)[C@H](O[C@@H]3OC(CO)[C@H](O)C(OC4OC(CO)[C@@](O)(O[C@@H]5OC(CO)[C@H](O)C(O)C5O[C@@H]5OC(C)[C@H](O)C(O)C5O)CC4N)C3O)C(O)C2O)C(C)C1O. The van der Waals surface area contributed by atoms with Crippen LogP contribution in [0.5, 0.6) is 0 Å². The zero-order valence-corrected chi connectivity index (χ0v) is 38.1. The van der Waals surface area contributed by atoms with E-state index in [1.807, 2.05) is 0 Å². The van der Waals surface area contributed by atoms with E-state index in [9.17, 15) is 76.6 Å². The summed E-state index contributed by atoms with van der Waals surface area (Å²) < 4.78 is 69.2. The molecule has 17 N–H and O–H groups in total. The van der Waals surface area contributed by atoms with E-state index in [0.29, 0.717) is 6.42 Å². The largest absolute Gasteiger partial charge is 0.394 e. The number of rotatable bonds is 18. The van der Waals surface area contributed by atoms with Crippen molar-refractivity contribution in [3.63, 3.8) is 0 Å². The zero-order valence-electron chi connectivity index (χ0n) is 38.1. The second kappa shape index (κ2) is 24.3. The number of hydrogen-bond donors (Lipinski definition) is 16. The molecule has 6 rings (SSSR count). The van der Waals surface area contributed by atoms with E-state index >= 15 is 0 Å². The highest BCUT2D eigenvalue weighted by atomic mass is 16.8. The van der Waals surface area contributed by atoms with Gasteiger partial charge in [0, 0.05) is 12.3 Å². The van der Waals surface area contributed by atoms with Crippen LogP contribution in [0.2, 0.25) is 0 Å². The molecule has 28 nitrogen and oxygen atoms in total. The van der Waals surface area contributed by atoms with E-state index < -0.39 is 210 Å². The van der Waals surface area contributed by atoms with Crippen molar-refractivity contribution in [1.82, 2.24) is 0 Å². The molecule has 6 aliphatic heterocycles. The molecule has 18 unspecified atom stereocenters. The summed E-state index contributed by atoms with van der Waals surface area (Å²) >= 11 is 0. The molecule has 6 fully saturated rings. The van der Waals surface area contributed by atoms with Crippen LogP contribution in [0.15, 0.2) is 12.7 Å². The maximum atomic E-state index is 11.9. The quantitative estimate of drug-likeness (QED) is 0.0448. The molecule has 0 spiro atoms. The van der Waals surface area contributed by atoms with Crippen molar-refractivity contribution < 1.29 is 133 Å². The van der Waals surface area contributed by atoms with E-state index in [1.165, 1.54) is 13.0 Å². The van der Waals surface area contributed by atoms with Crippen LogP contribution in [0, 0.1) is 5.92 Å². The molecule has 0 aliphatic carbocycles. The summed E-state index contributed by atoms with van der Waals surface area (Å²) in [6, 6.07) is -1.49.